The summed E-state index contributed by atoms with van der Waals surface area (Å²) in [5.41, 5.74) is 2.44. The van der Waals surface area contributed by atoms with Crippen molar-refractivity contribution >= 4 is 17.0 Å². The smallest absolute Gasteiger partial charge is 0.216 e. The van der Waals surface area contributed by atoms with Gasteiger partial charge in [0.2, 0.25) is 5.82 Å². The molecule has 2 N–H and O–H groups in total. The van der Waals surface area contributed by atoms with E-state index in [1.165, 1.54) is 13.1 Å². The Hall–Kier alpha value is -3.01. The lowest BCUT2D eigenvalue weighted by Crippen LogP contribution is -2.12. The molecule has 23 heavy (non-hydrogen) atoms. The summed E-state index contributed by atoms with van der Waals surface area (Å²) in [5.74, 6) is 0.135. The summed E-state index contributed by atoms with van der Waals surface area (Å²) in [5, 5.41) is 25.5. The fourth-order valence-electron chi connectivity index (χ4n) is 2.01. The minimum atomic E-state index is -0.0561. The van der Waals surface area contributed by atoms with Crippen LogP contribution in [-0.2, 0) is 5.41 Å². The van der Waals surface area contributed by atoms with E-state index in [0.29, 0.717) is 11.3 Å². The van der Waals surface area contributed by atoms with Crippen molar-refractivity contribution in [3.05, 3.63) is 41.4 Å². The number of H-pyrrole nitrogens is 1. The van der Waals surface area contributed by atoms with Crippen molar-refractivity contribution in [3.63, 3.8) is 0 Å². The number of hydrogen-bond acceptors (Lipinski definition) is 6. The molecule has 0 aliphatic rings. The van der Waals surface area contributed by atoms with Crippen LogP contribution in [0.1, 0.15) is 49.4 Å². The summed E-state index contributed by atoms with van der Waals surface area (Å²) in [7, 11) is 0. The minimum absolute atomic E-state index is 0.0544. The Balaban J connectivity index is 2.41. The van der Waals surface area contributed by atoms with E-state index in [0.717, 1.165) is 5.56 Å². The minimum Gasteiger partial charge on any atom is -0.360 e. The first-order valence-corrected chi connectivity index (χ1v) is 7.09. The van der Waals surface area contributed by atoms with Crippen LogP contribution in [0, 0.1) is 11.3 Å². The van der Waals surface area contributed by atoms with E-state index in [9.17, 15) is 10.1 Å². The van der Waals surface area contributed by atoms with Gasteiger partial charge in [0.1, 0.15) is 11.6 Å². The van der Waals surface area contributed by atoms with Crippen molar-refractivity contribution in [2.75, 3.05) is 5.32 Å². The van der Waals surface area contributed by atoms with Gasteiger partial charge in [-0.15, -0.1) is 10.2 Å². The molecule has 2 rings (SSSR count). The van der Waals surface area contributed by atoms with E-state index >= 15 is 0 Å². The molecule has 1 heterocycles. The molecule has 0 bridgehead atoms. The van der Waals surface area contributed by atoms with Gasteiger partial charge in [-0.3, -0.25) is 4.79 Å². The summed E-state index contributed by atoms with van der Waals surface area (Å²) < 4.78 is 0. The number of hydrogen-bond donors (Lipinski definition) is 2. The highest BCUT2D eigenvalue weighted by Gasteiger charge is 2.17. The van der Waals surface area contributed by atoms with Crippen molar-refractivity contribution in [1.29, 1.82) is 5.26 Å². The second-order valence-corrected chi connectivity index (χ2v) is 6.12. The molecular weight excluding hydrogens is 292 g/mol. The Labute approximate surface area is 134 Å². The topological polar surface area (TPSA) is 107 Å². The summed E-state index contributed by atoms with van der Waals surface area (Å²) >= 11 is 0. The molecule has 7 nitrogen and oxygen atoms in total. The van der Waals surface area contributed by atoms with Gasteiger partial charge in [-0.05, 0) is 35.2 Å². The number of nitrogens with zero attached hydrogens (tertiary/aromatic N) is 4. The summed E-state index contributed by atoms with van der Waals surface area (Å²) in [4.78, 5) is 11.8. The van der Waals surface area contributed by atoms with Crippen molar-refractivity contribution in [3.8, 4) is 6.07 Å². The van der Waals surface area contributed by atoms with Gasteiger partial charge in [-0.25, -0.2) is 0 Å². The molecular formula is C16H18N6O. The third-order valence-corrected chi connectivity index (χ3v) is 3.34. The summed E-state index contributed by atoms with van der Waals surface area (Å²) in [6.45, 7) is 7.78. The maximum atomic E-state index is 11.8. The lowest BCUT2D eigenvalue weighted by atomic mass is 9.86. The maximum Gasteiger partial charge on any atom is 0.216 e. The quantitative estimate of drug-likeness (QED) is 0.664. The van der Waals surface area contributed by atoms with E-state index in [2.05, 4.69) is 46.7 Å². The lowest BCUT2D eigenvalue weighted by molar-refractivity contribution is 0.101. The first kappa shape index (κ1) is 16.4. The molecule has 0 saturated heterocycles. The monoisotopic (exact) mass is 310 g/mol. The number of carbonyl (C=O) groups excluding carboxylic acids is 1. The van der Waals surface area contributed by atoms with E-state index in [-0.39, 0.29) is 22.6 Å². The van der Waals surface area contributed by atoms with Gasteiger partial charge in [0.25, 0.3) is 0 Å². The first-order chi connectivity index (χ1) is 10.8. The Bertz CT molecular complexity index is 778. The highest BCUT2D eigenvalue weighted by atomic mass is 16.1. The van der Waals surface area contributed by atoms with E-state index in [4.69, 9.17) is 0 Å². The van der Waals surface area contributed by atoms with Gasteiger partial charge in [-0.2, -0.15) is 10.5 Å². The molecule has 0 spiro atoms. The highest BCUT2D eigenvalue weighted by molar-refractivity contribution is 6.00. The molecule has 0 unspecified atom stereocenters. The van der Waals surface area contributed by atoms with Crippen molar-refractivity contribution < 1.29 is 4.79 Å². The second kappa shape index (κ2) is 6.40. The predicted molar refractivity (Wildman–Crippen MR) is 86.5 cm³/mol. The molecule has 0 aliphatic heterocycles. The molecule has 0 fully saturated rings. The number of anilines is 1. The van der Waals surface area contributed by atoms with Crippen LogP contribution in [-0.4, -0.2) is 26.4 Å². The zero-order chi connectivity index (χ0) is 17.0. The largest absolute Gasteiger partial charge is 0.360 e. The molecule has 0 saturated carbocycles. The second-order valence-electron chi connectivity index (χ2n) is 6.12. The fraction of sp³-hybridized carbons (Fsp3) is 0.312. The number of nitrogens with one attached hydrogen (secondary N) is 2. The Kier molecular flexibility index (Phi) is 4.55. The van der Waals surface area contributed by atoms with Gasteiger partial charge >= 0.3 is 0 Å². The number of aromatic nitrogens is 4. The number of allylic oxidation sites excluding steroid dienone is 1. The van der Waals surface area contributed by atoms with Gasteiger partial charge < -0.3 is 5.32 Å². The number of nitriles is 1. The van der Waals surface area contributed by atoms with Gasteiger partial charge in [0.15, 0.2) is 5.78 Å². The Morgan fingerprint density at radius 2 is 2.13 bits per heavy atom. The molecule has 1 aromatic carbocycles. The van der Waals surface area contributed by atoms with Crippen LogP contribution in [0.5, 0.6) is 0 Å². The Morgan fingerprint density at radius 1 is 1.39 bits per heavy atom. The standard InChI is InChI=1S/C16H18N6O/c1-10(23)13-6-5-12(16(2,3)4)7-14(13)18-9-11(8-17)15-19-21-22-20-15/h5-7,9,18H,1-4H3,(H,19,20,21,22). The summed E-state index contributed by atoms with van der Waals surface area (Å²) in [6, 6.07) is 7.64. The molecule has 0 aliphatic carbocycles. The molecule has 1 aromatic heterocycles. The number of ketones is 1. The fourth-order valence-corrected chi connectivity index (χ4v) is 2.01. The maximum absolute atomic E-state index is 11.8. The third kappa shape index (κ3) is 3.80. The molecule has 0 radical (unpaired) electrons. The van der Waals surface area contributed by atoms with Gasteiger partial charge in [0.05, 0.1) is 0 Å². The SMILES string of the molecule is CC(=O)c1ccc(C(C)(C)C)cc1NC=C(C#N)c1nn[nH]n1. The van der Waals surface area contributed by atoms with Crippen LogP contribution in [0.15, 0.2) is 24.4 Å². The molecule has 0 amide bonds. The number of benzene rings is 1. The number of tetrazole rings is 1. The molecule has 2 aromatic rings. The van der Waals surface area contributed by atoms with Crippen molar-refractivity contribution in [2.45, 2.75) is 33.1 Å². The average molecular weight is 310 g/mol. The van der Waals surface area contributed by atoms with E-state index in [1.807, 2.05) is 18.2 Å². The van der Waals surface area contributed by atoms with E-state index in [1.54, 1.807) is 6.07 Å². The first-order valence-electron chi connectivity index (χ1n) is 7.09. The van der Waals surface area contributed by atoms with Gasteiger partial charge in [0, 0.05) is 17.5 Å². The van der Waals surface area contributed by atoms with Crippen molar-refractivity contribution in [2.24, 2.45) is 0 Å². The highest BCUT2D eigenvalue weighted by Crippen LogP contribution is 2.28. The van der Waals surface area contributed by atoms with Crippen LogP contribution in [0.3, 0.4) is 0 Å². The van der Waals surface area contributed by atoms with Crippen LogP contribution in [0.2, 0.25) is 0 Å². The lowest BCUT2D eigenvalue weighted by Gasteiger charge is -2.21. The zero-order valence-electron chi connectivity index (χ0n) is 13.5. The number of rotatable bonds is 4. The number of carbonyl (C=O) groups is 1. The van der Waals surface area contributed by atoms with Gasteiger partial charge in [-0.1, -0.05) is 26.8 Å². The predicted octanol–water partition coefficient (Wildman–Crippen LogP) is 2.68. The van der Waals surface area contributed by atoms with Crippen LogP contribution in [0.25, 0.3) is 5.57 Å². The van der Waals surface area contributed by atoms with Crippen LogP contribution >= 0.6 is 0 Å². The van der Waals surface area contributed by atoms with E-state index < -0.39 is 0 Å². The van der Waals surface area contributed by atoms with Crippen LogP contribution in [0.4, 0.5) is 5.69 Å². The number of aromatic amines is 1. The molecule has 7 heteroatoms. The van der Waals surface area contributed by atoms with Crippen LogP contribution < -0.4 is 5.32 Å². The Morgan fingerprint density at radius 3 is 2.65 bits per heavy atom. The number of Topliss-reactive ketones (excluding diaryl/α,β-unsaturated/α-hetero) is 1. The molecule has 118 valence electrons. The molecule has 0 atom stereocenters. The average Bonchev–Trinajstić information content (AvgIpc) is 3.01. The normalized spacial score (nSPS) is 11.9. The third-order valence-electron chi connectivity index (χ3n) is 3.34. The van der Waals surface area contributed by atoms with Crippen molar-refractivity contribution in [1.82, 2.24) is 20.6 Å². The summed E-state index contributed by atoms with van der Waals surface area (Å²) in [6.07, 6.45) is 1.47. The zero-order valence-corrected chi connectivity index (χ0v) is 13.5.